The van der Waals surface area contributed by atoms with Gasteiger partial charge in [0.05, 0.1) is 25.2 Å². The van der Waals surface area contributed by atoms with Crippen LogP contribution in [-0.2, 0) is 11.3 Å². The molecule has 5 rings (SSSR count). The number of furan rings is 1. The van der Waals surface area contributed by atoms with Gasteiger partial charge in [0.2, 0.25) is 0 Å². The number of aromatic nitrogens is 2. The molecule has 1 aliphatic heterocycles. The van der Waals surface area contributed by atoms with Crippen LogP contribution in [0.1, 0.15) is 16.1 Å². The van der Waals surface area contributed by atoms with Crippen LogP contribution in [0.15, 0.2) is 83.5 Å². The maximum absolute atomic E-state index is 13.5. The largest absolute Gasteiger partial charge is 0.463 e. The number of rotatable bonds is 6. The van der Waals surface area contributed by atoms with Crippen LogP contribution in [0.25, 0.3) is 17.1 Å². The number of benzene rings is 2. The molecular formula is C26H26N4O3. The highest BCUT2D eigenvalue weighted by molar-refractivity contribution is 5.94. The van der Waals surface area contributed by atoms with Crippen LogP contribution < -0.4 is 4.90 Å². The molecule has 4 aromatic rings. The van der Waals surface area contributed by atoms with Crippen molar-refractivity contribution >= 4 is 11.6 Å². The Morgan fingerprint density at radius 2 is 1.73 bits per heavy atom. The summed E-state index contributed by atoms with van der Waals surface area (Å²) in [6.45, 7) is 3.82. The molecule has 168 valence electrons. The lowest BCUT2D eigenvalue weighted by Crippen LogP contribution is -2.36. The van der Waals surface area contributed by atoms with E-state index in [0.717, 1.165) is 37.6 Å². The zero-order valence-electron chi connectivity index (χ0n) is 18.6. The summed E-state index contributed by atoms with van der Waals surface area (Å²) in [5.41, 5.74) is 4.18. The van der Waals surface area contributed by atoms with E-state index in [2.05, 4.69) is 34.3 Å². The average molecular weight is 443 g/mol. The average Bonchev–Trinajstić information content (AvgIpc) is 3.55. The fourth-order valence-corrected chi connectivity index (χ4v) is 4.02. The van der Waals surface area contributed by atoms with Gasteiger partial charge in [-0.3, -0.25) is 4.79 Å². The minimum Gasteiger partial charge on any atom is -0.463 e. The van der Waals surface area contributed by atoms with Gasteiger partial charge in [-0.15, -0.1) is 0 Å². The van der Waals surface area contributed by atoms with Crippen LogP contribution in [0.5, 0.6) is 0 Å². The Balaban J connectivity index is 1.37. The van der Waals surface area contributed by atoms with E-state index in [4.69, 9.17) is 9.15 Å². The summed E-state index contributed by atoms with van der Waals surface area (Å²) in [6.07, 6.45) is 1.60. The van der Waals surface area contributed by atoms with Gasteiger partial charge >= 0.3 is 0 Å². The first-order valence-corrected chi connectivity index (χ1v) is 11.1. The van der Waals surface area contributed by atoms with Crippen molar-refractivity contribution in [3.8, 4) is 17.1 Å². The number of carbonyl (C=O) groups excluding carboxylic acids is 1. The van der Waals surface area contributed by atoms with Crippen molar-refractivity contribution in [1.82, 2.24) is 14.7 Å². The number of anilines is 1. The van der Waals surface area contributed by atoms with Gasteiger partial charge in [0, 0.05) is 38.4 Å². The van der Waals surface area contributed by atoms with E-state index in [1.807, 2.05) is 49.5 Å². The molecule has 3 heterocycles. The summed E-state index contributed by atoms with van der Waals surface area (Å²) in [5, 5.41) is 4.66. The van der Waals surface area contributed by atoms with Gasteiger partial charge in [0.25, 0.3) is 5.91 Å². The minimum atomic E-state index is -0.110. The van der Waals surface area contributed by atoms with Crippen molar-refractivity contribution in [2.45, 2.75) is 6.54 Å². The second-order valence-electron chi connectivity index (χ2n) is 8.07. The molecule has 0 aliphatic carbocycles. The monoisotopic (exact) mass is 442 g/mol. The first kappa shape index (κ1) is 21.0. The van der Waals surface area contributed by atoms with Crippen LogP contribution in [0.3, 0.4) is 0 Å². The van der Waals surface area contributed by atoms with E-state index < -0.39 is 0 Å². The second kappa shape index (κ2) is 9.34. The van der Waals surface area contributed by atoms with Crippen LogP contribution >= 0.6 is 0 Å². The van der Waals surface area contributed by atoms with Crippen molar-refractivity contribution in [2.24, 2.45) is 0 Å². The smallest absolute Gasteiger partial charge is 0.272 e. The van der Waals surface area contributed by atoms with E-state index in [1.54, 1.807) is 21.9 Å². The molecule has 0 N–H and O–H groups in total. The third-order valence-corrected chi connectivity index (χ3v) is 5.78. The number of amides is 1. The van der Waals surface area contributed by atoms with E-state index in [1.165, 1.54) is 5.69 Å². The van der Waals surface area contributed by atoms with Gasteiger partial charge < -0.3 is 19.0 Å². The van der Waals surface area contributed by atoms with Gasteiger partial charge in [-0.25, -0.2) is 4.68 Å². The molecule has 0 radical (unpaired) electrons. The highest BCUT2D eigenvalue weighted by atomic mass is 16.5. The molecule has 1 fully saturated rings. The summed E-state index contributed by atoms with van der Waals surface area (Å²) in [4.78, 5) is 17.5. The molecule has 0 saturated carbocycles. The fourth-order valence-electron chi connectivity index (χ4n) is 4.02. The number of para-hydroxylation sites is 1. The van der Waals surface area contributed by atoms with E-state index >= 15 is 0 Å². The molecule has 0 unspecified atom stereocenters. The SMILES string of the molecule is CN(Cc1ccc(N2CCOCC2)cc1)C(=O)c1cc(-c2ccco2)nn1-c1ccccc1. The van der Waals surface area contributed by atoms with Gasteiger partial charge in [0.1, 0.15) is 11.4 Å². The Kier molecular flexibility index (Phi) is 5.95. The summed E-state index contributed by atoms with van der Waals surface area (Å²) < 4.78 is 12.6. The number of nitrogens with zero attached hydrogens (tertiary/aromatic N) is 4. The summed E-state index contributed by atoms with van der Waals surface area (Å²) >= 11 is 0. The van der Waals surface area contributed by atoms with Crippen LogP contribution in [0, 0.1) is 0 Å². The number of hydrogen-bond donors (Lipinski definition) is 0. The number of ether oxygens (including phenoxy) is 1. The third-order valence-electron chi connectivity index (χ3n) is 5.78. The van der Waals surface area contributed by atoms with Crippen molar-refractivity contribution in [1.29, 1.82) is 0 Å². The first-order chi connectivity index (χ1) is 16.2. The predicted molar refractivity (Wildman–Crippen MR) is 127 cm³/mol. The van der Waals surface area contributed by atoms with Gasteiger partial charge in [-0.1, -0.05) is 30.3 Å². The molecule has 2 aromatic carbocycles. The second-order valence-corrected chi connectivity index (χ2v) is 8.07. The number of carbonyl (C=O) groups is 1. The van der Waals surface area contributed by atoms with E-state index in [0.29, 0.717) is 23.7 Å². The lowest BCUT2D eigenvalue weighted by molar-refractivity contribution is 0.0776. The van der Waals surface area contributed by atoms with Crippen molar-refractivity contribution < 1.29 is 13.9 Å². The number of hydrogen-bond acceptors (Lipinski definition) is 5. The Bertz CT molecular complexity index is 1190. The zero-order valence-corrected chi connectivity index (χ0v) is 18.6. The van der Waals surface area contributed by atoms with E-state index in [-0.39, 0.29) is 5.91 Å². The first-order valence-electron chi connectivity index (χ1n) is 11.1. The Hall–Kier alpha value is -3.84. The number of morpholine rings is 1. The normalized spacial score (nSPS) is 13.8. The van der Waals surface area contributed by atoms with E-state index in [9.17, 15) is 4.79 Å². The Labute approximate surface area is 192 Å². The van der Waals surface area contributed by atoms with Crippen molar-refractivity contribution in [2.75, 3.05) is 38.3 Å². The third kappa shape index (κ3) is 4.54. The summed E-state index contributed by atoms with van der Waals surface area (Å²) in [5.74, 6) is 0.515. The standard InChI is InChI=1S/C26H26N4O3/c1-28(19-20-9-11-21(12-10-20)29-13-16-32-17-14-29)26(31)24-18-23(25-8-5-15-33-25)27-30(24)22-6-3-2-4-7-22/h2-12,15,18H,13-14,16-17,19H2,1H3. The lowest BCUT2D eigenvalue weighted by Gasteiger charge is -2.29. The van der Waals surface area contributed by atoms with Crippen molar-refractivity contribution in [3.63, 3.8) is 0 Å². The lowest BCUT2D eigenvalue weighted by atomic mass is 10.1. The quantitative estimate of drug-likeness (QED) is 0.447. The van der Waals surface area contributed by atoms with Crippen LogP contribution in [0.2, 0.25) is 0 Å². The Morgan fingerprint density at radius 1 is 0.970 bits per heavy atom. The molecule has 7 nitrogen and oxygen atoms in total. The van der Waals surface area contributed by atoms with Gasteiger partial charge in [0.15, 0.2) is 5.76 Å². The van der Waals surface area contributed by atoms with Crippen molar-refractivity contribution in [3.05, 3.63) is 90.3 Å². The minimum absolute atomic E-state index is 0.110. The fraction of sp³-hybridized carbons (Fsp3) is 0.231. The molecule has 2 aromatic heterocycles. The predicted octanol–water partition coefficient (Wildman–Crippen LogP) is 4.24. The molecule has 1 aliphatic rings. The molecule has 0 bridgehead atoms. The summed E-state index contributed by atoms with van der Waals surface area (Å²) in [7, 11) is 1.81. The van der Waals surface area contributed by atoms with Gasteiger partial charge in [-0.2, -0.15) is 5.10 Å². The summed E-state index contributed by atoms with van der Waals surface area (Å²) in [6, 6.07) is 23.5. The maximum atomic E-state index is 13.5. The van der Waals surface area contributed by atoms with Crippen LogP contribution in [-0.4, -0.2) is 53.9 Å². The topological polar surface area (TPSA) is 63.7 Å². The Morgan fingerprint density at radius 3 is 2.42 bits per heavy atom. The maximum Gasteiger partial charge on any atom is 0.272 e. The molecule has 1 saturated heterocycles. The van der Waals surface area contributed by atoms with Gasteiger partial charge in [-0.05, 0) is 42.0 Å². The zero-order chi connectivity index (χ0) is 22.6. The van der Waals surface area contributed by atoms with Crippen LogP contribution in [0.4, 0.5) is 5.69 Å². The molecule has 1 amide bonds. The highest BCUT2D eigenvalue weighted by Gasteiger charge is 2.22. The molecule has 33 heavy (non-hydrogen) atoms. The highest BCUT2D eigenvalue weighted by Crippen LogP contribution is 2.24. The molecule has 0 spiro atoms. The molecular weight excluding hydrogens is 416 g/mol. The molecule has 0 atom stereocenters. The molecule has 7 heteroatoms.